The van der Waals surface area contributed by atoms with E-state index in [0.717, 1.165) is 0 Å². The Bertz CT molecular complexity index is 644. The Morgan fingerprint density at radius 2 is 2.19 bits per heavy atom. The first-order valence-electron chi connectivity index (χ1n) is 6.46. The lowest BCUT2D eigenvalue weighted by Crippen LogP contribution is -2.36. The molecule has 0 unspecified atom stereocenters. The van der Waals surface area contributed by atoms with Crippen molar-refractivity contribution in [1.82, 2.24) is 4.72 Å². The first kappa shape index (κ1) is 15.7. The second-order valence-corrected chi connectivity index (χ2v) is 6.60. The van der Waals surface area contributed by atoms with Crippen molar-refractivity contribution in [1.29, 1.82) is 0 Å². The number of carbonyl (C=O) groups excluding carboxylic acids is 1. The Kier molecular flexibility index (Phi) is 4.50. The molecule has 2 N–H and O–H groups in total. The topological polar surface area (TPSA) is 93.7 Å². The van der Waals surface area contributed by atoms with Crippen LogP contribution in [-0.2, 0) is 19.6 Å². The molecule has 7 nitrogen and oxygen atoms in total. The zero-order valence-corrected chi connectivity index (χ0v) is 12.9. The Hall–Kier alpha value is -1.64. The molecule has 0 fully saturated rings. The minimum atomic E-state index is -3.68. The number of hydrogen-bond donors (Lipinski definition) is 2. The standard InChI is InChI=1S/C13H18N2O5S/c1-8(7-19-3)15-21(17,18)10-4-5-12-11(6-10)14-13(16)9(2)20-12/h4-6,8-9,15H,7H2,1-3H3,(H,14,16)/t8-,9+/m0/s1. The van der Waals surface area contributed by atoms with Gasteiger partial charge in [-0.15, -0.1) is 0 Å². The molecule has 2 rings (SSSR count). The molecule has 0 saturated carbocycles. The molecule has 8 heteroatoms. The first-order valence-corrected chi connectivity index (χ1v) is 7.94. The van der Waals surface area contributed by atoms with Gasteiger partial charge in [0, 0.05) is 13.2 Å². The molecule has 0 aromatic heterocycles. The van der Waals surface area contributed by atoms with Crippen LogP contribution in [0.4, 0.5) is 5.69 Å². The Morgan fingerprint density at radius 3 is 2.86 bits per heavy atom. The van der Waals surface area contributed by atoms with E-state index in [1.165, 1.54) is 25.3 Å². The van der Waals surface area contributed by atoms with Crippen LogP contribution in [0.2, 0.25) is 0 Å². The van der Waals surface area contributed by atoms with Crippen molar-refractivity contribution in [2.24, 2.45) is 0 Å². The summed E-state index contributed by atoms with van der Waals surface area (Å²) >= 11 is 0. The van der Waals surface area contributed by atoms with Gasteiger partial charge in [-0.3, -0.25) is 4.79 Å². The number of hydrogen-bond acceptors (Lipinski definition) is 5. The third-order valence-corrected chi connectivity index (χ3v) is 4.55. The highest BCUT2D eigenvalue weighted by Crippen LogP contribution is 2.31. The fourth-order valence-corrected chi connectivity index (χ4v) is 3.23. The van der Waals surface area contributed by atoms with Crippen LogP contribution in [0.25, 0.3) is 0 Å². The predicted octanol–water partition coefficient (Wildman–Crippen LogP) is 0.719. The van der Waals surface area contributed by atoms with Crippen LogP contribution in [0.3, 0.4) is 0 Å². The van der Waals surface area contributed by atoms with E-state index < -0.39 is 16.1 Å². The number of anilines is 1. The largest absolute Gasteiger partial charge is 0.479 e. The normalized spacial score (nSPS) is 19.4. The van der Waals surface area contributed by atoms with E-state index in [2.05, 4.69) is 10.0 Å². The number of ether oxygens (including phenoxy) is 2. The molecule has 0 saturated heterocycles. The predicted molar refractivity (Wildman–Crippen MR) is 76.8 cm³/mol. The molecule has 1 aromatic carbocycles. The average molecular weight is 314 g/mol. The van der Waals surface area contributed by atoms with Crippen LogP contribution in [-0.4, -0.2) is 40.2 Å². The highest BCUT2D eigenvalue weighted by atomic mass is 32.2. The fraction of sp³-hybridized carbons (Fsp3) is 0.462. The minimum Gasteiger partial charge on any atom is -0.479 e. The summed E-state index contributed by atoms with van der Waals surface area (Å²) < 4.78 is 37.2. The highest BCUT2D eigenvalue weighted by molar-refractivity contribution is 7.89. The number of methoxy groups -OCH3 is 1. The van der Waals surface area contributed by atoms with Gasteiger partial charge in [0.2, 0.25) is 10.0 Å². The molecule has 1 aliphatic rings. The number of benzene rings is 1. The van der Waals surface area contributed by atoms with Crippen molar-refractivity contribution < 1.29 is 22.7 Å². The molecule has 1 aromatic rings. The van der Waals surface area contributed by atoms with Crippen molar-refractivity contribution >= 4 is 21.6 Å². The SMILES string of the molecule is COC[C@H](C)NS(=O)(=O)c1ccc2c(c1)NC(=O)[C@@H](C)O2. The number of fused-ring (bicyclic) bond motifs is 1. The molecule has 116 valence electrons. The molecular formula is C13H18N2O5S. The highest BCUT2D eigenvalue weighted by Gasteiger charge is 2.26. The van der Waals surface area contributed by atoms with Crippen LogP contribution in [0.5, 0.6) is 5.75 Å². The quantitative estimate of drug-likeness (QED) is 0.835. The zero-order chi connectivity index (χ0) is 15.6. The van der Waals surface area contributed by atoms with Gasteiger partial charge in [-0.2, -0.15) is 0 Å². The van der Waals surface area contributed by atoms with Crippen LogP contribution in [0.15, 0.2) is 23.1 Å². The third kappa shape index (κ3) is 3.52. The first-order chi connectivity index (χ1) is 9.83. The summed E-state index contributed by atoms with van der Waals surface area (Å²) in [5, 5.41) is 2.62. The van der Waals surface area contributed by atoms with Crippen molar-refractivity contribution in [3.63, 3.8) is 0 Å². The van der Waals surface area contributed by atoms with Crippen molar-refractivity contribution in [2.75, 3.05) is 19.0 Å². The monoisotopic (exact) mass is 314 g/mol. The summed E-state index contributed by atoms with van der Waals surface area (Å²) in [6, 6.07) is 3.98. The average Bonchev–Trinajstić information content (AvgIpc) is 2.39. The minimum absolute atomic E-state index is 0.0580. The Morgan fingerprint density at radius 1 is 1.48 bits per heavy atom. The third-order valence-electron chi connectivity index (χ3n) is 2.97. The van der Waals surface area contributed by atoms with E-state index in [0.29, 0.717) is 11.4 Å². The van der Waals surface area contributed by atoms with E-state index in [-0.39, 0.29) is 23.5 Å². The summed E-state index contributed by atoms with van der Waals surface area (Å²) in [4.78, 5) is 11.6. The molecule has 21 heavy (non-hydrogen) atoms. The molecular weight excluding hydrogens is 296 g/mol. The number of rotatable bonds is 5. The fourth-order valence-electron chi connectivity index (χ4n) is 1.97. The van der Waals surface area contributed by atoms with Crippen LogP contribution in [0.1, 0.15) is 13.8 Å². The molecule has 0 bridgehead atoms. The molecule has 1 amide bonds. The van der Waals surface area contributed by atoms with Gasteiger partial charge >= 0.3 is 0 Å². The lowest BCUT2D eigenvalue weighted by molar-refractivity contribution is -0.122. The van der Waals surface area contributed by atoms with Crippen LogP contribution in [0, 0.1) is 0 Å². The summed E-state index contributed by atoms with van der Waals surface area (Å²) in [7, 11) is -2.19. The lowest BCUT2D eigenvalue weighted by atomic mass is 10.2. The molecule has 2 atom stereocenters. The van der Waals surface area contributed by atoms with Gasteiger partial charge in [0.15, 0.2) is 6.10 Å². The summed E-state index contributed by atoms with van der Waals surface area (Å²) in [5.74, 6) is 0.142. The smallest absolute Gasteiger partial charge is 0.265 e. The van der Waals surface area contributed by atoms with Gasteiger partial charge in [0.25, 0.3) is 5.91 Å². The van der Waals surface area contributed by atoms with E-state index in [1.54, 1.807) is 13.8 Å². The van der Waals surface area contributed by atoms with Gasteiger partial charge in [-0.1, -0.05) is 0 Å². The van der Waals surface area contributed by atoms with E-state index in [1.807, 2.05) is 0 Å². The maximum absolute atomic E-state index is 12.2. The second kappa shape index (κ2) is 6.00. The van der Waals surface area contributed by atoms with Crippen LogP contribution >= 0.6 is 0 Å². The van der Waals surface area contributed by atoms with Gasteiger partial charge in [-0.05, 0) is 32.0 Å². The number of sulfonamides is 1. The Labute approximate surface area is 123 Å². The number of carbonyl (C=O) groups is 1. The van der Waals surface area contributed by atoms with Crippen molar-refractivity contribution in [3.8, 4) is 5.75 Å². The molecule has 1 aliphatic heterocycles. The van der Waals surface area contributed by atoms with Crippen LogP contribution < -0.4 is 14.8 Å². The second-order valence-electron chi connectivity index (χ2n) is 4.88. The summed E-state index contributed by atoms with van der Waals surface area (Å²) in [5.41, 5.74) is 0.348. The molecule has 1 heterocycles. The zero-order valence-electron chi connectivity index (χ0n) is 12.0. The molecule has 0 aliphatic carbocycles. The van der Waals surface area contributed by atoms with E-state index in [4.69, 9.17) is 9.47 Å². The van der Waals surface area contributed by atoms with E-state index in [9.17, 15) is 13.2 Å². The van der Waals surface area contributed by atoms with Gasteiger partial charge in [0.1, 0.15) is 5.75 Å². The van der Waals surface area contributed by atoms with Gasteiger partial charge in [-0.25, -0.2) is 13.1 Å². The van der Waals surface area contributed by atoms with Crippen molar-refractivity contribution in [3.05, 3.63) is 18.2 Å². The maximum atomic E-state index is 12.2. The van der Waals surface area contributed by atoms with Crippen molar-refractivity contribution in [2.45, 2.75) is 30.9 Å². The number of nitrogens with one attached hydrogen (secondary N) is 2. The van der Waals surface area contributed by atoms with Gasteiger partial charge < -0.3 is 14.8 Å². The lowest BCUT2D eigenvalue weighted by Gasteiger charge is -2.23. The maximum Gasteiger partial charge on any atom is 0.265 e. The van der Waals surface area contributed by atoms with E-state index >= 15 is 0 Å². The van der Waals surface area contributed by atoms with Gasteiger partial charge in [0.05, 0.1) is 17.2 Å². The number of amides is 1. The summed E-state index contributed by atoms with van der Waals surface area (Å²) in [6.45, 7) is 3.59. The molecule has 0 spiro atoms. The molecule has 0 radical (unpaired) electrons. The Balaban J connectivity index is 2.26. The summed E-state index contributed by atoms with van der Waals surface area (Å²) in [6.07, 6.45) is -0.597.